The Balaban J connectivity index is 1.25. The van der Waals surface area contributed by atoms with Gasteiger partial charge in [0.2, 0.25) is 5.89 Å². The molecular formula is C21H37N5O3. The number of hydrogen-bond acceptors (Lipinski definition) is 6. The fourth-order valence-electron chi connectivity index (χ4n) is 3.78. The van der Waals surface area contributed by atoms with Gasteiger partial charge in [0.15, 0.2) is 5.96 Å². The van der Waals surface area contributed by atoms with Crippen molar-refractivity contribution in [3.63, 3.8) is 0 Å². The van der Waals surface area contributed by atoms with Crippen LogP contribution in [0.1, 0.15) is 43.0 Å². The SMILES string of the molecule is CN=C(NCCCOC1CCOC1)NCC1CCN(Cc2nc(C)c(C)o2)CC1. The lowest BCUT2D eigenvalue weighted by Gasteiger charge is -2.31. The zero-order chi connectivity index (χ0) is 20.5. The molecule has 0 amide bonds. The van der Waals surface area contributed by atoms with Crippen molar-refractivity contribution >= 4 is 5.96 Å². The Morgan fingerprint density at radius 3 is 2.72 bits per heavy atom. The van der Waals surface area contributed by atoms with E-state index >= 15 is 0 Å². The van der Waals surface area contributed by atoms with Crippen molar-refractivity contribution < 1.29 is 13.9 Å². The predicted octanol–water partition coefficient (Wildman–Crippen LogP) is 1.86. The summed E-state index contributed by atoms with van der Waals surface area (Å²) in [6.07, 6.45) is 4.64. The molecular weight excluding hydrogens is 370 g/mol. The first-order chi connectivity index (χ1) is 14.1. The lowest BCUT2D eigenvalue weighted by atomic mass is 9.97. The van der Waals surface area contributed by atoms with Gasteiger partial charge in [-0.25, -0.2) is 4.98 Å². The summed E-state index contributed by atoms with van der Waals surface area (Å²) in [5.41, 5.74) is 0.997. The van der Waals surface area contributed by atoms with Gasteiger partial charge in [0, 0.05) is 33.4 Å². The summed E-state index contributed by atoms with van der Waals surface area (Å²) < 4.78 is 16.8. The summed E-state index contributed by atoms with van der Waals surface area (Å²) in [6, 6.07) is 0. The Labute approximate surface area is 174 Å². The number of likely N-dealkylation sites (tertiary alicyclic amines) is 1. The maximum atomic E-state index is 5.79. The number of aromatic nitrogens is 1. The van der Waals surface area contributed by atoms with Crippen molar-refractivity contribution in [1.82, 2.24) is 20.5 Å². The molecule has 2 aliphatic heterocycles. The van der Waals surface area contributed by atoms with Gasteiger partial charge >= 0.3 is 0 Å². The lowest BCUT2D eigenvalue weighted by molar-refractivity contribution is 0.0420. The van der Waals surface area contributed by atoms with E-state index in [1.807, 2.05) is 20.9 Å². The number of oxazole rings is 1. The zero-order valence-corrected chi connectivity index (χ0v) is 18.2. The van der Waals surface area contributed by atoms with Crippen LogP contribution in [0.4, 0.5) is 0 Å². The number of guanidine groups is 1. The Bertz CT molecular complexity index is 615. The van der Waals surface area contributed by atoms with Gasteiger partial charge in [-0.15, -0.1) is 0 Å². The molecule has 0 radical (unpaired) electrons. The minimum atomic E-state index is 0.287. The number of hydrogen-bond donors (Lipinski definition) is 2. The van der Waals surface area contributed by atoms with Gasteiger partial charge in [0.1, 0.15) is 5.76 Å². The molecule has 3 heterocycles. The van der Waals surface area contributed by atoms with E-state index in [9.17, 15) is 0 Å². The van der Waals surface area contributed by atoms with Crippen molar-refractivity contribution in [3.8, 4) is 0 Å². The molecule has 8 heteroatoms. The first-order valence-corrected chi connectivity index (χ1v) is 10.9. The second-order valence-corrected chi connectivity index (χ2v) is 8.06. The van der Waals surface area contributed by atoms with Crippen molar-refractivity contribution in [3.05, 3.63) is 17.3 Å². The molecule has 1 aromatic heterocycles. The number of rotatable bonds is 9. The monoisotopic (exact) mass is 407 g/mol. The van der Waals surface area contributed by atoms with Gasteiger partial charge < -0.3 is 24.5 Å². The average molecular weight is 408 g/mol. The van der Waals surface area contributed by atoms with Gasteiger partial charge in [0.25, 0.3) is 0 Å². The third-order valence-corrected chi connectivity index (χ3v) is 5.78. The number of nitrogens with one attached hydrogen (secondary N) is 2. The first-order valence-electron chi connectivity index (χ1n) is 10.9. The summed E-state index contributed by atoms with van der Waals surface area (Å²) in [6.45, 7) is 11.1. The highest BCUT2D eigenvalue weighted by Crippen LogP contribution is 2.19. The van der Waals surface area contributed by atoms with Gasteiger partial charge in [-0.05, 0) is 58.5 Å². The third kappa shape index (κ3) is 7.28. The highest BCUT2D eigenvalue weighted by Gasteiger charge is 2.21. The summed E-state index contributed by atoms with van der Waals surface area (Å²) in [4.78, 5) is 11.3. The Morgan fingerprint density at radius 1 is 1.24 bits per heavy atom. The van der Waals surface area contributed by atoms with E-state index < -0.39 is 0 Å². The molecule has 3 rings (SSSR count). The number of aliphatic imine (C=N–C) groups is 1. The average Bonchev–Trinajstić information content (AvgIpc) is 3.35. The van der Waals surface area contributed by atoms with Crippen LogP contribution < -0.4 is 10.6 Å². The molecule has 29 heavy (non-hydrogen) atoms. The van der Waals surface area contributed by atoms with Crippen LogP contribution in [0, 0.1) is 19.8 Å². The van der Waals surface area contributed by atoms with E-state index in [4.69, 9.17) is 13.9 Å². The topological polar surface area (TPSA) is 84.2 Å². The first kappa shape index (κ1) is 22.1. The molecule has 0 aromatic carbocycles. The van der Waals surface area contributed by atoms with E-state index in [1.54, 1.807) is 0 Å². The summed E-state index contributed by atoms with van der Waals surface area (Å²) in [7, 11) is 1.82. The van der Waals surface area contributed by atoms with E-state index in [0.717, 1.165) is 88.7 Å². The fraction of sp³-hybridized carbons (Fsp3) is 0.810. The molecule has 1 atom stereocenters. The molecule has 0 saturated carbocycles. The third-order valence-electron chi connectivity index (χ3n) is 5.78. The molecule has 2 saturated heterocycles. The Hall–Kier alpha value is -1.64. The van der Waals surface area contributed by atoms with Crippen LogP contribution in [0.25, 0.3) is 0 Å². The molecule has 2 fully saturated rings. The van der Waals surface area contributed by atoms with E-state index in [1.165, 1.54) is 12.8 Å². The van der Waals surface area contributed by atoms with Crippen LogP contribution in [-0.4, -0.2) is 75.0 Å². The Morgan fingerprint density at radius 2 is 2.07 bits per heavy atom. The summed E-state index contributed by atoms with van der Waals surface area (Å²) in [5, 5.41) is 6.86. The minimum Gasteiger partial charge on any atom is -0.444 e. The van der Waals surface area contributed by atoms with Crippen LogP contribution in [0.5, 0.6) is 0 Å². The van der Waals surface area contributed by atoms with Crippen molar-refractivity contribution in [2.45, 2.75) is 52.2 Å². The molecule has 1 unspecified atom stereocenters. The van der Waals surface area contributed by atoms with Crippen molar-refractivity contribution in [2.24, 2.45) is 10.9 Å². The van der Waals surface area contributed by atoms with E-state index in [2.05, 4.69) is 25.5 Å². The van der Waals surface area contributed by atoms with Crippen LogP contribution in [0.15, 0.2) is 9.41 Å². The van der Waals surface area contributed by atoms with Gasteiger partial charge in [-0.2, -0.15) is 0 Å². The normalized spacial score (nSPS) is 21.6. The molecule has 0 aliphatic carbocycles. The highest BCUT2D eigenvalue weighted by molar-refractivity contribution is 5.79. The van der Waals surface area contributed by atoms with Gasteiger partial charge in [-0.3, -0.25) is 9.89 Å². The number of ether oxygens (including phenoxy) is 2. The fourth-order valence-corrected chi connectivity index (χ4v) is 3.78. The second kappa shape index (κ2) is 11.5. The maximum absolute atomic E-state index is 5.79. The predicted molar refractivity (Wildman–Crippen MR) is 113 cm³/mol. The highest BCUT2D eigenvalue weighted by atomic mass is 16.5. The van der Waals surface area contributed by atoms with Crippen LogP contribution >= 0.6 is 0 Å². The number of piperidine rings is 1. The maximum Gasteiger partial charge on any atom is 0.208 e. The standard InChI is InChI=1S/C21H37N5O3/c1-16-17(2)29-20(25-16)14-26-9-5-18(6-10-26)13-24-21(22-3)23-8-4-11-28-19-7-12-27-15-19/h18-19H,4-15H2,1-3H3,(H2,22,23,24). The molecule has 164 valence electrons. The second-order valence-electron chi connectivity index (χ2n) is 8.06. The zero-order valence-electron chi connectivity index (χ0n) is 18.2. The summed E-state index contributed by atoms with van der Waals surface area (Å²) in [5.74, 6) is 3.31. The number of aryl methyl sites for hydroxylation is 2. The minimum absolute atomic E-state index is 0.287. The van der Waals surface area contributed by atoms with Crippen molar-refractivity contribution in [1.29, 1.82) is 0 Å². The molecule has 1 aromatic rings. The Kier molecular flexibility index (Phi) is 8.76. The smallest absolute Gasteiger partial charge is 0.208 e. The lowest BCUT2D eigenvalue weighted by Crippen LogP contribution is -2.43. The van der Waals surface area contributed by atoms with Crippen molar-refractivity contribution in [2.75, 3.05) is 53.0 Å². The summed E-state index contributed by atoms with van der Waals surface area (Å²) >= 11 is 0. The molecule has 0 spiro atoms. The van der Waals surface area contributed by atoms with Crippen LogP contribution in [-0.2, 0) is 16.0 Å². The quantitative estimate of drug-likeness (QED) is 0.367. The van der Waals surface area contributed by atoms with Crippen LogP contribution in [0.3, 0.4) is 0 Å². The molecule has 8 nitrogen and oxygen atoms in total. The van der Waals surface area contributed by atoms with Gasteiger partial charge in [-0.1, -0.05) is 0 Å². The largest absolute Gasteiger partial charge is 0.444 e. The van der Waals surface area contributed by atoms with E-state index in [-0.39, 0.29) is 6.10 Å². The van der Waals surface area contributed by atoms with E-state index in [0.29, 0.717) is 5.92 Å². The molecule has 2 N–H and O–H groups in total. The van der Waals surface area contributed by atoms with Crippen LogP contribution in [0.2, 0.25) is 0 Å². The molecule has 2 aliphatic rings. The number of nitrogens with zero attached hydrogens (tertiary/aromatic N) is 3. The molecule has 0 bridgehead atoms. The van der Waals surface area contributed by atoms with Gasteiger partial charge in [0.05, 0.1) is 24.9 Å².